The summed E-state index contributed by atoms with van der Waals surface area (Å²) in [5, 5.41) is 9.00. The summed E-state index contributed by atoms with van der Waals surface area (Å²) < 4.78 is 0. The van der Waals surface area contributed by atoms with E-state index < -0.39 is 0 Å². The first kappa shape index (κ1) is 18.5. The molecule has 4 rings (SSSR count). The Morgan fingerprint density at radius 2 is 1.93 bits per heavy atom. The van der Waals surface area contributed by atoms with Crippen LogP contribution in [0.2, 0.25) is 10.0 Å². The van der Waals surface area contributed by atoms with Crippen molar-refractivity contribution < 1.29 is 0 Å². The number of hydrogen-bond donors (Lipinski definition) is 2. The quantitative estimate of drug-likeness (QED) is 0.510. The molecule has 9 heteroatoms. The molecule has 0 bridgehead atoms. The average Bonchev–Trinajstić information content (AvgIpc) is 3.16. The first-order valence-electron chi connectivity index (χ1n) is 8.56. The van der Waals surface area contributed by atoms with E-state index in [1.165, 1.54) is 0 Å². The summed E-state index contributed by atoms with van der Waals surface area (Å²) in [5.41, 5.74) is 8.54. The van der Waals surface area contributed by atoms with E-state index in [2.05, 4.69) is 25.1 Å². The maximum atomic E-state index is 6.38. The predicted octanol–water partition coefficient (Wildman–Crippen LogP) is 4.50. The molecule has 2 aromatic carbocycles. The third-order valence-electron chi connectivity index (χ3n) is 4.67. The van der Waals surface area contributed by atoms with Crippen LogP contribution in [0.4, 0.5) is 11.9 Å². The van der Waals surface area contributed by atoms with Gasteiger partial charge in [0.1, 0.15) is 0 Å². The van der Waals surface area contributed by atoms with Crippen LogP contribution in [-0.4, -0.2) is 32.2 Å². The second-order valence-electron chi connectivity index (χ2n) is 6.42. The van der Waals surface area contributed by atoms with Gasteiger partial charge in [-0.25, -0.2) is 0 Å². The number of fused-ring (bicyclic) bond motifs is 1. The van der Waals surface area contributed by atoms with Crippen LogP contribution >= 0.6 is 23.2 Å². The van der Waals surface area contributed by atoms with Gasteiger partial charge in [0.15, 0.2) is 5.82 Å². The smallest absolute Gasteiger partial charge is 0.230 e. The summed E-state index contributed by atoms with van der Waals surface area (Å²) in [6, 6.07) is 11.2. The van der Waals surface area contributed by atoms with Gasteiger partial charge in [-0.05, 0) is 24.6 Å². The molecule has 0 amide bonds. The molecule has 142 valence electrons. The van der Waals surface area contributed by atoms with E-state index in [0.717, 1.165) is 22.0 Å². The lowest BCUT2D eigenvalue weighted by Crippen LogP contribution is -2.25. The third kappa shape index (κ3) is 3.34. The molecule has 0 aliphatic carbocycles. The van der Waals surface area contributed by atoms with Crippen molar-refractivity contribution in [2.24, 2.45) is 0 Å². The second-order valence-corrected chi connectivity index (χ2v) is 7.20. The number of nitrogens with one attached hydrogen (secondary N) is 1. The molecule has 0 aliphatic heterocycles. The minimum atomic E-state index is -0.129. The van der Waals surface area contributed by atoms with Crippen molar-refractivity contribution in [3.63, 3.8) is 0 Å². The topological polar surface area (TPSA) is 96.6 Å². The number of benzene rings is 2. The molecule has 2 heterocycles. The minimum absolute atomic E-state index is 0.129. The second kappa shape index (κ2) is 7.26. The lowest BCUT2D eigenvalue weighted by Gasteiger charge is -2.26. The zero-order chi connectivity index (χ0) is 19.8. The Hall–Kier alpha value is -2.90. The van der Waals surface area contributed by atoms with E-state index in [4.69, 9.17) is 28.9 Å². The fourth-order valence-electron chi connectivity index (χ4n) is 2.97. The van der Waals surface area contributed by atoms with Crippen molar-refractivity contribution in [3.8, 4) is 11.4 Å². The van der Waals surface area contributed by atoms with Gasteiger partial charge in [0.25, 0.3) is 0 Å². The van der Waals surface area contributed by atoms with Crippen LogP contribution in [-0.2, 0) is 0 Å². The van der Waals surface area contributed by atoms with Crippen molar-refractivity contribution in [2.45, 2.75) is 13.0 Å². The molecular formula is C19H17Cl2N7. The summed E-state index contributed by atoms with van der Waals surface area (Å²) in [6.45, 7) is 1.99. The summed E-state index contributed by atoms with van der Waals surface area (Å²) in [4.78, 5) is 15.1. The molecule has 1 unspecified atom stereocenters. The summed E-state index contributed by atoms with van der Waals surface area (Å²) >= 11 is 12.5. The highest BCUT2D eigenvalue weighted by Gasteiger charge is 2.20. The maximum Gasteiger partial charge on any atom is 0.230 e. The molecular weight excluding hydrogens is 397 g/mol. The Labute approximate surface area is 171 Å². The van der Waals surface area contributed by atoms with Crippen LogP contribution in [0.3, 0.4) is 0 Å². The highest BCUT2D eigenvalue weighted by atomic mass is 35.5. The summed E-state index contributed by atoms with van der Waals surface area (Å²) in [6.07, 6.45) is 1.76. The molecule has 0 saturated heterocycles. The highest BCUT2D eigenvalue weighted by molar-refractivity contribution is 6.42. The van der Waals surface area contributed by atoms with Gasteiger partial charge in [-0.15, -0.1) is 0 Å². The van der Waals surface area contributed by atoms with Gasteiger partial charge in [0, 0.05) is 18.0 Å². The number of nitrogens with two attached hydrogens (primary N) is 1. The molecule has 0 fully saturated rings. The Kier molecular flexibility index (Phi) is 4.78. The van der Waals surface area contributed by atoms with Crippen LogP contribution in [0.5, 0.6) is 0 Å². The predicted molar refractivity (Wildman–Crippen MR) is 113 cm³/mol. The number of hydrogen-bond acceptors (Lipinski definition) is 6. The van der Waals surface area contributed by atoms with Gasteiger partial charge >= 0.3 is 0 Å². The van der Waals surface area contributed by atoms with Gasteiger partial charge in [0.2, 0.25) is 11.9 Å². The first-order chi connectivity index (χ1) is 13.4. The number of nitrogens with zero attached hydrogens (tertiary/aromatic N) is 5. The minimum Gasteiger partial charge on any atom is -0.368 e. The summed E-state index contributed by atoms with van der Waals surface area (Å²) in [5.74, 6) is 1.06. The maximum absolute atomic E-state index is 6.38. The molecule has 0 spiro atoms. The van der Waals surface area contributed by atoms with E-state index in [9.17, 15) is 0 Å². The largest absolute Gasteiger partial charge is 0.368 e. The number of aromatic nitrogens is 5. The molecule has 4 aromatic rings. The normalized spacial score (nSPS) is 12.3. The fraction of sp³-hybridized carbons (Fsp3) is 0.158. The van der Waals surface area contributed by atoms with Crippen LogP contribution in [0, 0.1) is 0 Å². The number of aromatic amines is 1. The van der Waals surface area contributed by atoms with Crippen molar-refractivity contribution >= 4 is 46.0 Å². The van der Waals surface area contributed by atoms with Crippen LogP contribution in [0.15, 0.2) is 42.6 Å². The van der Waals surface area contributed by atoms with Gasteiger partial charge in [-0.1, -0.05) is 47.5 Å². The number of nitrogen functional groups attached to an aromatic ring is 1. The number of H-pyrrole nitrogens is 1. The molecule has 7 nitrogen and oxygen atoms in total. The van der Waals surface area contributed by atoms with Crippen molar-refractivity contribution in [1.29, 1.82) is 0 Å². The monoisotopic (exact) mass is 413 g/mol. The SMILES string of the molecule is CC(c1cccc(Cl)c1Cl)N(C)c1nc(N)nc(-c2ccc3cn[nH]c3c2)n1. The van der Waals surface area contributed by atoms with Crippen molar-refractivity contribution in [2.75, 3.05) is 17.7 Å². The summed E-state index contributed by atoms with van der Waals surface area (Å²) in [7, 11) is 1.87. The van der Waals surface area contributed by atoms with Crippen LogP contribution < -0.4 is 10.6 Å². The molecule has 3 N–H and O–H groups in total. The molecule has 1 atom stereocenters. The third-order valence-corrected chi connectivity index (χ3v) is 5.50. The lowest BCUT2D eigenvalue weighted by molar-refractivity contribution is 0.714. The van der Waals surface area contributed by atoms with Crippen LogP contribution in [0.25, 0.3) is 22.3 Å². The van der Waals surface area contributed by atoms with E-state index in [0.29, 0.717) is 21.8 Å². The highest BCUT2D eigenvalue weighted by Crippen LogP contribution is 2.33. The fourth-order valence-corrected chi connectivity index (χ4v) is 3.43. The zero-order valence-electron chi connectivity index (χ0n) is 15.2. The number of rotatable bonds is 4. The van der Waals surface area contributed by atoms with Gasteiger partial charge in [0.05, 0.1) is 27.8 Å². The van der Waals surface area contributed by atoms with Crippen molar-refractivity contribution in [1.82, 2.24) is 25.1 Å². The Morgan fingerprint density at radius 1 is 1.11 bits per heavy atom. The van der Waals surface area contributed by atoms with Crippen molar-refractivity contribution in [3.05, 3.63) is 58.2 Å². The molecule has 28 heavy (non-hydrogen) atoms. The van der Waals surface area contributed by atoms with E-state index >= 15 is 0 Å². The molecule has 0 saturated carbocycles. The van der Waals surface area contributed by atoms with Crippen LogP contribution in [0.1, 0.15) is 18.5 Å². The number of halogens is 2. The van der Waals surface area contributed by atoms with Gasteiger partial charge < -0.3 is 10.6 Å². The van der Waals surface area contributed by atoms with E-state index in [1.807, 2.05) is 49.2 Å². The van der Waals surface area contributed by atoms with Gasteiger partial charge in [-0.2, -0.15) is 20.1 Å². The lowest BCUT2D eigenvalue weighted by atomic mass is 10.1. The zero-order valence-corrected chi connectivity index (χ0v) is 16.7. The number of anilines is 2. The van der Waals surface area contributed by atoms with Gasteiger partial charge in [-0.3, -0.25) is 5.10 Å². The molecule has 2 aromatic heterocycles. The first-order valence-corrected chi connectivity index (χ1v) is 9.31. The Balaban J connectivity index is 1.72. The Bertz CT molecular complexity index is 1160. The molecule has 0 aliphatic rings. The standard InChI is InChI=1S/C19H17Cl2N7/c1-10(13-4-3-5-14(20)16(13)21)28(2)19-25-17(24-18(22)26-19)11-6-7-12-9-23-27-15(12)8-11/h3-10H,1-2H3,(H,23,27)(H2,22,24,25,26). The molecule has 0 radical (unpaired) electrons. The van der Waals surface area contributed by atoms with E-state index in [1.54, 1.807) is 12.3 Å². The Morgan fingerprint density at radius 3 is 2.75 bits per heavy atom. The average molecular weight is 414 g/mol. The van der Waals surface area contributed by atoms with E-state index in [-0.39, 0.29) is 12.0 Å².